The van der Waals surface area contributed by atoms with Crippen LogP contribution in [0.5, 0.6) is 0 Å². The Hall–Kier alpha value is -1.34. The summed E-state index contributed by atoms with van der Waals surface area (Å²) in [7, 11) is 0. The smallest absolute Gasteiger partial charge is 0.193 e. The van der Waals surface area contributed by atoms with Crippen LogP contribution < -0.4 is 0 Å². The number of hydrogen-bond donors (Lipinski definition) is 2. The highest BCUT2D eigenvalue weighted by molar-refractivity contribution is 6.01. The molecule has 9 atom stereocenters. The molecule has 0 radical (unpaired) electrons. The molecule has 0 aromatic carbocycles. The van der Waals surface area contributed by atoms with Crippen LogP contribution in [0.15, 0.2) is 23.8 Å². The quantitative estimate of drug-likeness (QED) is 0.712. The second-order valence-corrected chi connectivity index (χ2v) is 10.7. The zero-order valence-electron chi connectivity index (χ0n) is 18.7. The molecule has 5 rings (SSSR count). The molecule has 6 heteroatoms. The fourth-order valence-corrected chi connectivity index (χ4v) is 8.12. The molecule has 0 spiro atoms. The number of carbonyl (C=O) groups is 2. The Morgan fingerprint density at radius 1 is 1.32 bits per heavy atom. The van der Waals surface area contributed by atoms with E-state index >= 15 is 0 Å². The first-order chi connectivity index (χ1) is 14.7. The number of aliphatic hydroxyl groups is 2. The molecule has 0 aromatic heterocycles. The minimum absolute atomic E-state index is 0.0125. The van der Waals surface area contributed by atoms with Gasteiger partial charge >= 0.3 is 0 Å². The van der Waals surface area contributed by atoms with Crippen LogP contribution in [0.1, 0.15) is 59.3 Å². The Balaban J connectivity index is 1.55. The van der Waals surface area contributed by atoms with Gasteiger partial charge in [0, 0.05) is 16.7 Å². The van der Waals surface area contributed by atoms with Crippen LogP contribution in [0, 0.1) is 28.6 Å². The zero-order chi connectivity index (χ0) is 22.2. The maximum Gasteiger partial charge on any atom is 0.193 e. The first kappa shape index (κ1) is 21.5. The number of allylic oxidation sites excluding steroid dienone is 4. The minimum Gasteiger partial charge on any atom is -0.393 e. The van der Waals surface area contributed by atoms with Gasteiger partial charge in [0.1, 0.15) is 6.61 Å². The summed E-state index contributed by atoms with van der Waals surface area (Å²) in [5.41, 5.74) is -1.05. The summed E-state index contributed by atoms with van der Waals surface area (Å²) in [5, 5.41) is 21.4. The van der Waals surface area contributed by atoms with Crippen LogP contribution in [0.2, 0.25) is 0 Å². The molecular formula is C25H34O6. The molecule has 1 saturated heterocycles. The van der Waals surface area contributed by atoms with Gasteiger partial charge in [-0.1, -0.05) is 38.8 Å². The lowest BCUT2D eigenvalue weighted by Crippen LogP contribution is -2.63. The molecule has 3 saturated carbocycles. The topological polar surface area (TPSA) is 93.1 Å². The first-order valence-corrected chi connectivity index (χ1v) is 11.8. The van der Waals surface area contributed by atoms with Gasteiger partial charge < -0.3 is 19.7 Å². The molecule has 31 heavy (non-hydrogen) atoms. The third-order valence-corrected chi connectivity index (χ3v) is 9.37. The summed E-state index contributed by atoms with van der Waals surface area (Å²) in [6.07, 6.45) is 8.31. The van der Waals surface area contributed by atoms with Crippen molar-refractivity contribution in [2.45, 2.75) is 83.4 Å². The average Bonchev–Trinajstić information content (AvgIpc) is 3.20. The van der Waals surface area contributed by atoms with Crippen LogP contribution >= 0.6 is 0 Å². The van der Waals surface area contributed by atoms with Gasteiger partial charge in [0.05, 0.1) is 12.2 Å². The summed E-state index contributed by atoms with van der Waals surface area (Å²) in [6, 6.07) is 0. The fraction of sp³-hybridized carbons (Fsp3) is 0.760. The molecule has 0 unspecified atom stereocenters. The van der Waals surface area contributed by atoms with Crippen molar-refractivity contribution in [2.24, 2.45) is 28.6 Å². The minimum atomic E-state index is -1.20. The van der Waals surface area contributed by atoms with Gasteiger partial charge in [0.2, 0.25) is 0 Å². The van der Waals surface area contributed by atoms with E-state index in [0.29, 0.717) is 19.3 Å². The first-order valence-electron chi connectivity index (χ1n) is 11.8. The molecular weight excluding hydrogens is 396 g/mol. The highest BCUT2D eigenvalue weighted by Crippen LogP contribution is 2.69. The van der Waals surface area contributed by atoms with Crippen molar-refractivity contribution >= 4 is 11.6 Å². The molecule has 2 N–H and O–H groups in total. The highest BCUT2D eigenvalue weighted by atomic mass is 16.7. The van der Waals surface area contributed by atoms with Crippen molar-refractivity contribution in [1.29, 1.82) is 0 Å². The van der Waals surface area contributed by atoms with E-state index in [9.17, 15) is 19.8 Å². The SMILES string of the molecule is CCC[C@@H]1O[C@@H]2C[C@H]3[C@@H]4CCC5=CC(=O)C=C[C@]5(C)[C@H]4[C@H](O)C[C@]3(C)[C@]2(C(=O)CO)O1. The number of Topliss-reactive ketones (excluding diaryl/α,β-unsaturated/α-hetero) is 1. The maximum absolute atomic E-state index is 13.2. The summed E-state index contributed by atoms with van der Waals surface area (Å²) < 4.78 is 12.7. The third kappa shape index (κ3) is 2.65. The van der Waals surface area contributed by atoms with E-state index < -0.39 is 36.1 Å². The van der Waals surface area contributed by atoms with Gasteiger partial charge in [-0.15, -0.1) is 0 Å². The van der Waals surface area contributed by atoms with Crippen LogP contribution in [0.3, 0.4) is 0 Å². The summed E-state index contributed by atoms with van der Waals surface area (Å²) >= 11 is 0. The molecule has 5 aliphatic rings. The van der Waals surface area contributed by atoms with Crippen LogP contribution in [-0.2, 0) is 19.1 Å². The van der Waals surface area contributed by atoms with Crippen LogP contribution in [0.4, 0.5) is 0 Å². The second-order valence-electron chi connectivity index (χ2n) is 10.7. The van der Waals surface area contributed by atoms with Gasteiger partial charge in [-0.3, -0.25) is 9.59 Å². The third-order valence-electron chi connectivity index (χ3n) is 9.37. The Kier molecular flexibility index (Phi) is 4.91. The summed E-state index contributed by atoms with van der Waals surface area (Å²) in [6.45, 7) is 5.67. The molecule has 6 nitrogen and oxygen atoms in total. The lowest BCUT2D eigenvalue weighted by atomic mass is 9.46. The van der Waals surface area contributed by atoms with E-state index in [1.807, 2.05) is 6.08 Å². The Bertz CT molecular complexity index is 862. The van der Waals surface area contributed by atoms with Crippen LogP contribution in [-0.4, -0.2) is 52.5 Å². The van der Waals surface area contributed by atoms with Gasteiger partial charge in [0.15, 0.2) is 23.5 Å². The Morgan fingerprint density at radius 3 is 2.81 bits per heavy atom. The molecule has 4 fully saturated rings. The number of carbonyl (C=O) groups excluding carboxylic acids is 2. The van der Waals surface area contributed by atoms with Crippen molar-refractivity contribution in [2.75, 3.05) is 6.61 Å². The molecule has 4 aliphatic carbocycles. The largest absolute Gasteiger partial charge is 0.393 e. The molecule has 0 bridgehead atoms. The van der Waals surface area contributed by atoms with Gasteiger partial charge in [0.25, 0.3) is 0 Å². The molecule has 0 aromatic rings. The molecule has 1 aliphatic heterocycles. The summed E-state index contributed by atoms with van der Waals surface area (Å²) in [4.78, 5) is 25.2. The van der Waals surface area contributed by atoms with Gasteiger partial charge in [-0.2, -0.15) is 0 Å². The van der Waals surface area contributed by atoms with Crippen molar-refractivity contribution in [3.63, 3.8) is 0 Å². The van der Waals surface area contributed by atoms with Crippen molar-refractivity contribution < 1.29 is 29.3 Å². The van der Waals surface area contributed by atoms with E-state index in [1.165, 1.54) is 0 Å². The van der Waals surface area contributed by atoms with Gasteiger partial charge in [-0.05, 0) is 56.1 Å². The van der Waals surface area contributed by atoms with Crippen molar-refractivity contribution in [1.82, 2.24) is 0 Å². The van der Waals surface area contributed by atoms with E-state index in [4.69, 9.17) is 9.47 Å². The predicted molar refractivity (Wildman–Crippen MR) is 113 cm³/mol. The standard InChI is InChI=1S/C25H34O6/c1-4-5-21-30-20-11-17-16-7-6-14-10-15(27)8-9-23(14,2)22(16)18(28)12-24(17,3)25(20,31-21)19(29)13-26/h8-10,16-18,20-22,26,28H,4-7,11-13H2,1-3H3/t16-,17-,18+,20+,21+,22+,23-,24-,25+/m0/s1. The summed E-state index contributed by atoms with van der Waals surface area (Å²) in [5.74, 6) is 0.0274. The number of hydrogen-bond acceptors (Lipinski definition) is 6. The molecule has 1 heterocycles. The fourth-order valence-electron chi connectivity index (χ4n) is 8.12. The number of rotatable bonds is 4. The van der Waals surface area contributed by atoms with E-state index in [1.54, 1.807) is 12.2 Å². The average molecular weight is 431 g/mol. The number of ether oxygens (including phenoxy) is 2. The molecule has 0 amide bonds. The number of ketones is 2. The highest BCUT2D eigenvalue weighted by Gasteiger charge is 2.75. The van der Waals surface area contributed by atoms with E-state index in [0.717, 1.165) is 24.8 Å². The monoisotopic (exact) mass is 430 g/mol. The lowest BCUT2D eigenvalue weighted by molar-refractivity contribution is -0.200. The normalized spacial score (nSPS) is 50.4. The Labute approximate surface area is 183 Å². The number of aliphatic hydroxyl groups excluding tert-OH is 2. The van der Waals surface area contributed by atoms with Crippen molar-refractivity contribution in [3.05, 3.63) is 23.8 Å². The second kappa shape index (κ2) is 7.08. The zero-order valence-corrected chi connectivity index (χ0v) is 18.7. The van der Waals surface area contributed by atoms with Crippen LogP contribution in [0.25, 0.3) is 0 Å². The predicted octanol–water partition coefficient (Wildman–Crippen LogP) is 2.72. The lowest BCUT2D eigenvalue weighted by Gasteiger charge is -2.59. The van der Waals surface area contributed by atoms with Gasteiger partial charge in [-0.25, -0.2) is 0 Å². The number of fused-ring (bicyclic) bond motifs is 7. The molecule has 170 valence electrons. The Morgan fingerprint density at radius 2 is 2.10 bits per heavy atom. The maximum atomic E-state index is 13.2. The van der Waals surface area contributed by atoms with E-state index in [-0.39, 0.29) is 34.7 Å². The van der Waals surface area contributed by atoms with Crippen molar-refractivity contribution in [3.8, 4) is 0 Å². The van der Waals surface area contributed by atoms with E-state index in [2.05, 4.69) is 20.8 Å².